The molecule has 4 N–H and O–H groups in total. The monoisotopic (exact) mass is 274 g/mol. The van der Waals surface area contributed by atoms with Crippen LogP contribution in [-0.4, -0.2) is 48.9 Å². The summed E-state index contributed by atoms with van der Waals surface area (Å²) in [5.74, 6) is 0. The van der Waals surface area contributed by atoms with Crippen molar-refractivity contribution in [1.82, 2.24) is 9.55 Å². The molecule has 0 amide bonds. The Bertz CT molecular complexity index is 554. The van der Waals surface area contributed by atoms with E-state index in [0.29, 0.717) is 5.56 Å². The van der Waals surface area contributed by atoms with Gasteiger partial charge in [-0.05, 0) is 6.92 Å². The van der Waals surface area contributed by atoms with E-state index >= 15 is 0 Å². The smallest absolute Gasteiger partial charge is 0.329 e. The second kappa shape index (κ2) is 4.88. The van der Waals surface area contributed by atoms with Crippen LogP contribution < -0.4 is 11.2 Å². The van der Waals surface area contributed by atoms with Crippen molar-refractivity contribution in [2.75, 3.05) is 6.61 Å². The highest BCUT2D eigenvalue weighted by atomic mass is 32.2. The summed E-state index contributed by atoms with van der Waals surface area (Å²) >= 11 is 1.10. The molecule has 0 bridgehead atoms. The molecule has 0 spiro atoms. The molecular formula is C10H14N2O5S. The second-order valence-electron chi connectivity index (χ2n) is 4.21. The third-order valence-corrected chi connectivity index (χ3v) is 4.50. The predicted molar refractivity (Wildman–Crippen MR) is 65.6 cm³/mol. The number of aliphatic hydroxyl groups excluding tert-OH is 3. The number of hydrogen-bond donors (Lipinski definition) is 4. The van der Waals surface area contributed by atoms with E-state index < -0.39 is 34.1 Å². The number of aryl methyl sites for hydroxylation is 1. The quantitative estimate of drug-likeness (QED) is 0.504. The molecule has 0 aliphatic carbocycles. The Morgan fingerprint density at radius 2 is 2.06 bits per heavy atom. The second-order valence-corrected chi connectivity index (χ2v) is 5.57. The molecule has 0 aromatic carbocycles. The molecule has 18 heavy (non-hydrogen) atoms. The predicted octanol–water partition coefficient (Wildman–Crippen LogP) is -1.83. The lowest BCUT2D eigenvalue weighted by molar-refractivity contribution is 0.0101. The van der Waals surface area contributed by atoms with Gasteiger partial charge in [0.25, 0.3) is 5.56 Å². The minimum Gasteiger partial charge on any atom is -0.395 e. The zero-order valence-electron chi connectivity index (χ0n) is 9.61. The number of nitrogens with zero attached hydrogens (tertiary/aromatic N) is 1. The maximum atomic E-state index is 11.7. The lowest BCUT2D eigenvalue weighted by Gasteiger charge is -2.17. The van der Waals surface area contributed by atoms with Gasteiger partial charge in [-0.1, -0.05) is 0 Å². The Morgan fingerprint density at radius 3 is 2.61 bits per heavy atom. The molecule has 1 aromatic rings. The van der Waals surface area contributed by atoms with Gasteiger partial charge < -0.3 is 15.3 Å². The molecule has 2 heterocycles. The van der Waals surface area contributed by atoms with Crippen LogP contribution in [0.4, 0.5) is 0 Å². The highest BCUT2D eigenvalue weighted by molar-refractivity contribution is 8.00. The summed E-state index contributed by atoms with van der Waals surface area (Å²) in [7, 11) is 0. The van der Waals surface area contributed by atoms with Crippen molar-refractivity contribution in [3.8, 4) is 0 Å². The van der Waals surface area contributed by atoms with Crippen LogP contribution in [0.15, 0.2) is 15.8 Å². The van der Waals surface area contributed by atoms with E-state index in [-0.39, 0.29) is 6.61 Å². The number of rotatable bonds is 2. The number of aromatic nitrogens is 2. The van der Waals surface area contributed by atoms with E-state index in [9.17, 15) is 19.8 Å². The third kappa shape index (κ3) is 2.12. The minimum absolute atomic E-state index is 0.295. The highest BCUT2D eigenvalue weighted by Crippen LogP contribution is 2.40. The van der Waals surface area contributed by atoms with Crippen molar-refractivity contribution in [3.63, 3.8) is 0 Å². The van der Waals surface area contributed by atoms with Gasteiger partial charge in [-0.2, -0.15) is 0 Å². The minimum atomic E-state index is -1.17. The van der Waals surface area contributed by atoms with E-state index in [2.05, 4.69) is 4.98 Å². The van der Waals surface area contributed by atoms with Gasteiger partial charge in [0, 0.05) is 11.8 Å². The summed E-state index contributed by atoms with van der Waals surface area (Å²) in [5.41, 5.74) is -0.787. The molecule has 2 rings (SSSR count). The van der Waals surface area contributed by atoms with E-state index in [1.54, 1.807) is 6.92 Å². The van der Waals surface area contributed by atoms with Crippen LogP contribution in [0, 0.1) is 6.92 Å². The van der Waals surface area contributed by atoms with Crippen LogP contribution in [0.2, 0.25) is 0 Å². The Kier molecular flexibility index (Phi) is 3.62. The number of aliphatic hydroxyl groups is 3. The average molecular weight is 274 g/mol. The average Bonchev–Trinajstić information content (AvgIpc) is 2.61. The van der Waals surface area contributed by atoms with Crippen molar-refractivity contribution in [1.29, 1.82) is 0 Å². The molecule has 1 fully saturated rings. The van der Waals surface area contributed by atoms with Crippen LogP contribution in [0.1, 0.15) is 10.9 Å². The Hall–Kier alpha value is -1.09. The molecular weight excluding hydrogens is 260 g/mol. The molecule has 0 radical (unpaired) electrons. The molecule has 7 nitrogen and oxygen atoms in total. The zero-order chi connectivity index (χ0) is 13.4. The van der Waals surface area contributed by atoms with Gasteiger partial charge in [0.2, 0.25) is 0 Å². The maximum Gasteiger partial charge on any atom is 0.329 e. The topological polar surface area (TPSA) is 116 Å². The standard InChI is InChI=1S/C10H14N2O5S/c1-4-2-12(10(17)11-8(4)16)9-7(15)6(14)5(3-13)18-9/h2,5-7,9,13-15H,3H2,1H3,(H,11,16,17)/t5-,6?,7?,9+/m0/s1. The number of hydrogen-bond acceptors (Lipinski definition) is 6. The summed E-state index contributed by atoms with van der Waals surface area (Å²) in [5, 5.41) is 27.3. The van der Waals surface area contributed by atoms with Crippen molar-refractivity contribution in [3.05, 3.63) is 32.6 Å². The highest BCUT2D eigenvalue weighted by Gasteiger charge is 2.43. The molecule has 0 saturated carbocycles. The number of aromatic amines is 1. The van der Waals surface area contributed by atoms with Crippen LogP contribution in [0.5, 0.6) is 0 Å². The van der Waals surface area contributed by atoms with Gasteiger partial charge >= 0.3 is 5.69 Å². The van der Waals surface area contributed by atoms with Crippen molar-refractivity contribution in [2.45, 2.75) is 29.8 Å². The van der Waals surface area contributed by atoms with Gasteiger partial charge in [-0.3, -0.25) is 14.3 Å². The first-order valence-electron chi connectivity index (χ1n) is 5.40. The number of nitrogens with one attached hydrogen (secondary N) is 1. The lowest BCUT2D eigenvalue weighted by atomic mass is 10.1. The normalized spacial score (nSPS) is 31.8. The molecule has 1 aromatic heterocycles. The molecule has 1 aliphatic heterocycles. The maximum absolute atomic E-state index is 11.7. The summed E-state index contributed by atoms with van der Waals surface area (Å²) in [6, 6.07) is 0. The van der Waals surface area contributed by atoms with Gasteiger partial charge in [0.15, 0.2) is 0 Å². The third-order valence-electron chi connectivity index (χ3n) is 2.94. The van der Waals surface area contributed by atoms with E-state index in [1.165, 1.54) is 10.8 Å². The van der Waals surface area contributed by atoms with Crippen molar-refractivity contribution in [2.24, 2.45) is 0 Å². The van der Waals surface area contributed by atoms with Gasteiger partial charge in [-0.15, -0.1) is 11.8 Å². The molecule has 4 atom stereocenters. The largest absolute Gasteiger partial charge is 0.395 e. The van der Waals surface area contributed by atoms with Gasteiger partial charge in [-0.25, -0.2) is 4.79 Å². The Morgan fingerprint density at radius 1 is 1.39 bits per heavy atom. The fraction of sp³-hybridized carbons (Fsp3) is 0.600. The van der Waals surface area contributed by atoms with Crippen molar-refractivity contribution >= 4 is 11.8 Å². The first-order valence-corrected chi connectivity index (χ1v) is 6.34. The van der Waals surface area contributed by atoms with E-state index in [4.69, 9.17) is 5.11 Å². The van der Waals surface area contributed by atoms with Crippen LogP contribution in [-0.2, 0) is 0 Å². The lowest BCUT2D eigenvalue weighted by Crippen LogP contribution is -2.38. The molecule has 1 aliphatic rings. The fourth-order valence-electron chi connectivity index (χ4n) is 1.88. The number of H-pyrrole nitrogens is 1. The van der Waals surface area contributed by atoms with E-state index in [1.807, 2.05) is 0 Å². The first kappa shape index (κ1) is 13.3. The number of thioether (sulfide) groups is 1. The van der Waals surface area contributed by atoms with E-state index in [0.717, 1.165) is 11.8 Å². The van der Waals surface area contributed by atoms with Crippen molar-refractivity contribution < 1.29 is 15.3 Å². The first-order chi connectivity index (χ1) is 8.45. The molecule has 8 heteroatoms. The summed E-state index contributed by atoms with van der Waals surface area (Å²) in [6.07, 6.45) is -0.937. The summed E-state index contributed by atoms with van der Waals surface area (Å²) < 4.78 is 1.17. The van der Waals surface area contributed by atoms with Crippen LogP contribution in [0.25, 0.3) is 0 Å². The Balaban J connectivity index is 2.42. The van der Waals surface area contributed by atoms with Gasteiger partial charge in [0.1, 0.15) is 11.5 Å². The fourth-order valence-corrected chi connectivity index (χ4v) is 3.26. The molecule has 1 saturated heterocycles. The van der Waals surface area contributed by atoms with Crippen LogP contribution in [0.3, 0.4) is 0 Å². The zero-order valence-corrected chi connectivity index (χ0v) is 10.4. The molecule has 100 valence electrons. The van der Waals surface area contributed by atoms with Crippen LogP contribution >= 0.6 is 11.8 Å². The summed E-state index contributed by atoms with van der Waals surface area (Å²) in [4.78, 5) is 25.0. The summed E-state index contributed by atoms with van der Waals surface area (Å²) in [6.45, 7) is 1.25. The Labute approximate surface area is 106 Å². The van der Waals surface area contributed by atoms with Gasteiger partial charge in [0.05, 0.1) is 18.0 Å². The SMILES string of the molecule is Cc1cn([C@@H]2S[C@@H](CO)C(O)C2O)c(=O)[nH]c1=O. The molecule has 2 unspecified atom stereocenters.